The number of nitrogens with zero attached hydrogens (tertiary/aromatic N) is 1. The van der Waals surface area contributed by atoms with Gasteiger partial charge in [0.25, 0.3) is 5.91 Å². The molecule has 0 aromatic heterocycles. The van der Waals surface area contributed by atoms with Crippen molar-refractivity contribution in [2.24, 2.45) is 0 Å². The smallest absolute Gasteiger partial charge is 0.324 e. The van der Waals surface area contributed by atoms with Crippen LogP contribution in [0, 0.1) is 0 Å². The monoisotopic (exact) mass is 326 g/mol. The van der Waals surface area contributed by atoms with Gasteiger partial charge in [0.05, 0.1) is 29.9 Å². The second-order valence-corrected chi connectivity index (χ2v) is 4.94. The number of imide groups is 1. The minimum Gasteiger partial charge on any atom is -0.496 e. The molecule has 1 aliphatic rings. The number of carbonyl (C=O) groups excluding carboxylic acids is 3. The zero-order chi connectivity index (χ0) is 16.3. The summed E-state index contributed by atoms with van der Waals surface area (Å²) in [5.74, 6) is -0.479. The highest BCUT2D eigenvalue weighted by Crippen LogP contribution is 2.28. The number of rotatable bonds is 5. The third-order valence-electron chi connectivity index (χ3n) is 3.12. The summed E-state index contributed by atoms with van der Waals surface area (Å²) in [6, 6.07) is 2.39. The first kappa shape index (κ1) is 15.9. The van der Waals surface area contributed by atoms with Crippen LogP contribution >= 0.6 is 11.6 Å². The highest BCUT2D eigenvalue weighted by Gasteiger charge is 2.27. The van der Waals surface area contributed by atoms with Gasteiger partial charge in [-0.25, -0.2) is 4.79 Å². The van der Waals surface area contributed by atoms with Gasteiger partial charge in [-0.05, 0) is 6.07 Å². The molecule has 0 aliphatic carbocycles. The lowest BCUT2D eigenvalue weighted by Gasteiger charge is -2.14. The number of nitrogen functional groups attached to an aromatic ring is 1. The normalized spacial score (nSPS) is 14.0. The zero-order valence-corrected chi connectivity index (χ0v) is 12.6. The number of halogens is 1. The Labute approximate surface area is 131 Å². The van der Waals surface area contributed by atoms with Crippen molar-refractivity contribution in [1.29, 1.82) is 0 Å². The van der Waals surface area contributed by atoms with Gasteiger partial charge >= 0.3 is 6.03 Å². The van der Waals surface area contributed by atoms with Crippen LogP contribution in [0.15, 0.2) is 12.1 Å². The minimum atomic E-state index is -0.465. The van der Waals surface area contributed by atoms with Crippen molar-refractivity contribution in [1.82, 2.24) is 15.5 Å². The van der Waals surface area contributed by atoms with Gasteiger partial charge < -0.3 is 21.1 Å². The molecule has 0 atom stereocenters. The highest BCUT2D eigenvalue weighted by atomic mass is 35.5. The van der Waals surface area contributed by atoms with Crippen molar-refractivity contribution in [3.8, 4) is 5.75 Å². The van der Waals surface area contributed by atoms with E-state index in [4.69, 9.17) is 22.1 Å². The predicted molar refractivity (Wildman–Crippen MR) is 79.9 cm³/mol. The molecule has 0 bridgehead atoms. The lowest BCUT2D eigenvalue weighted by Crippen LogP contribution is -2.38. The SMILES string of the molecule is COc1cc(N)c(Cl)cc1C(=O)NCCN1C(=O)CNC1=O. The van der Waals surface area contributed by atoms with Crippen LogP contribution in [0.5, 0.6) is 5.75 Å². The summed E-state index contributed by atoms with van der Waals surface area (Å²) in [7, 11) is 1.41. The number of benzene rings is 1. The molecule has 0 saturated carbocycles. The minimum absolute atomic E-state index is 0.0197. The largest absolute Gasteiger partial charge is 0.496 e. The van der Waals surface area contributed by atoms with Gasteiger partial charge in [0, 0.05) is 19.2 Å². The second-order valence-electron chi connectivity index (χ2n) is 4.53. The van der Waals surface area contributed by atoms with Crippen molar-refractivity contribution in [2.75, 3.05) is 32.5 Å². The van der Waals surface area contributed by atoms with E-state index >= 15 is 0 Å². The number of hydrogen-bond acceptors (Lipinski definition) is 5. The molecule has 2 rings (SSSR count). The molecule has 1 fully saturated rings. The zero-order valence-electron chi connectivity index (χ0n) is 11.8. The standard InChI is InChI=1S/C13H15ClN4O4/c1-22-10-5-9(15)8(14)4-7(10)12(20)16-2-3-18-11(19)6-17-13(18)21/h4-5H,2-3,6,15H2,1H3,(H,16,20)(H,17,21). The van der Waals surface area contributed by atoms with Crippen LogP contribution in [0.1, 0.15) is 10.4 Å². The predicted octanol–water partition coefficient (Wildman–Crippen LogP) is 0.212. The maximum atomic E-state index is 12.1. The number of ether oxygens (including phenoxy) is 1. The Bertz CT molecular complexity index is 619. The molecule has 0 radical (unpaired) electrons. The summed E-state index contributed by atoms with van der Waals surface area (Å²) >= 11 is 5.90. The maximum absolute atomic E-state index is 12.1. The molecule has 22 heavy (non-hydrogen) atoms. The number of hydrogen-bond donors (Lipinski definition) is 3. The summed E-state index contributed by atoms with van der Waals surface area (Å²) in [5.41, 5.74) is 6.17. The fourth-order valence-corrected chi connectivity index (χ4v) is 2.14. The number of methoxy groups -OCH3 is 1. The lowest BCUT2D eigenvalue weighted by molar-refractivity contribution is -0.124. The Morgan fingerprint density at radius 3 is 2.82 bits per heavy atom. The summed E-state index contributed by atoms with van der Waals surface area (Å²) in [4.78, 5) is 35.9. The van der Waals surface area contributed by atoms with Crippen LogP contribution in [-0.2, 0) is 4.79 Å². The molecular formula is C13H15ClN4O4. The Kier molecular flexibility index (Phi) is 4.71. The first-order chi connectivity index (χ1) is 10.4. The first-order valence-electron chi connectivity index (χ1n) is 6.43. The number of nitrogens with one attached hydrogen (secondary N) is 2. The van der Waals surface area contributed by atoms with Gasteiger partial charge in [0.1, 0.15) is 5.75 Å². The summed E-state index contributed by atoms with van der Waals surface area (Å²) < 4.78 is 5.09. The molecular weight excluding hydrogens is 312 g/mol. The van der Waals surface area contributed by atoms with E-state index in [1.807, 2.05) is 0 Å². The van der Waals surface area contributed by atoms with Gasteiger partial charge in [-0.2, -0.15) is 0 Å². The van der Waals surface area contributed by atoms with E-state index in [-0.39, 0.29) is 41.9 Å². The van der Waals surface area contributed by atoms with Gasteiger partial charge in [0.2, 0.25) is 5.91 Å². The van der Waals surface area contributed by atoms with Crippen LogP contribution in [0.4, 0.5) is 10.5 Å². The topological polar surface area (TPSA) is 114 Å². The molecule has 1 aromatic rings. The molecule has 1 aromatic carbocycles. The first-order valence-corrected chi connectivity index (χ1v) is 6.81. The van der Waals surface area contributed by atoms with Crippen molar-refractivity contribution in [3.63, 3.8) is 0 Å². The van der Waals surface area contributed by atoms with Crippen molar-refractivity contribution >= 4 is 35.1 Å². The number of urea groups is 1. The quantitative estimate of drug-likeness (QED) is 0.529. The Morgan fingerprint density at radius 2 is 2.23 bits per heavy atom. The number of carbonyl (C=O) groups is 3. The molecule has 0 spiro atoms. The number of nitrogens with two attached hydrogens (primary N) is 1. The third-order valence-corrected chi connectivity index (χ3v) is 3.45. The van der Waals surface area contributed by atoms with E-state index in [1.165, 1.54) is 19.2 Å². The Hall–Kier alpha value is -2.48. The van der Waals surface area contributed by atoms with E-state index in [2.05, 4.69) is 10.6 Å². The summed E-state index contributed by atoms with van der Waals surface area (Å²) in [5, 5.41) is 5.23. The fraction of sp³-hybridized carbons (Fsp3) is 0.308. The van der Waals surface area contributed by atoms with Crippen LogP contribution in [0.2, 0.25) is 5.02 Å². The molecule has 118 valence electrons. The summed E-state index contributed by atoms with van der Waals surface area (Å²) in [6.07, 6.45) is 0. The molecule has 9 heteroatoms. The van der Waals surface area contributed by atoms with Crippen LogP contribution in [0.3, 0.4) is 0 Å². The number of anilines is 1. The molecule has 1 aliphatic heterocycles. The van der Waals surface area contributed by atoms with E-state index < -0.39 is 11.9 Å². The van der Waals surface area contributed by atoms with E-state index in [1.54, 1.807) is 0 Å². The van der Waals surface area contributed by atoms with Crippen LogP contribution < -0.4 is 21.1 Å². The van der Waals surface area contributed by atoms with E-state index in [0.717, 1.165) is 4.90 Å². The maximum Gasteiger partial charge on any atom is 0.324 e. The second kappa shape index (κ2) is 6.52. The van der Waals surface area contributed by atoms with Gasteiger partial charge in [0.15, 0.2) is 0 Å². The average Bonchev–Trinajstić information content (AvgIpc) is 2.81. The number of amides is 4. The highest BCUT2D eigenvalue weighted by molar-refractivity contribution is 6.33. The molecule has 4 N–H and O–H groups in total. The average molecular weight is 327 g/mol. The van der Waals surface area contributed by atoms with Crippen molar-refractivity contribution in [3.05, 3.63) is 22.7 Å². The van der Waals surface area contributed by atoms with E-state index in [0.29, 0.717) is 5.69 Å². The molecule has 0 unspecified atom stereocenters. The van der Waals surface area contributed by atoms with Crippen molar-refractivity contribution < 1.29 is 19.1 Å². The third kappa shape index (κ3) is 3.22. The molecule has 8 nitrogen and oxygen atoms in total. The fourth-order valence-electron chi connectivity index (χ4n) is 1.97. The van der Waals surface area contributed by atoms with E-state index in [9.17, 15) is 14.4 Å². The van der Waals surface area contributed by atoms with Crippen LogP contribution in [-0.4, -0.2) is 49.5 Å². The lowest BCUT2D eigenvalue weighted by atomic mass is 10.1. The van der Waals surface area contributed by atoms with Gasteiger partial charge in [-0.1, -0.05) is 11.6 Å². The van der Waals surface area contributed by atoms with Gasteiger partial charge in [-0.3, -0.25) is 14.5 Å². The Morgan fingerprint density at radius 1 is 1.50 bits per heavy atom. The van der Waals surface area contributed by atoms with Crippen molar-refractivity contribution in [2.45, 2.75) is 0 Å². The summed E-state index contributed by atoms with van der Waals surface area (Å²) in [6.45, 7) is 0.179. The molecule has 1 saturated heterocycles. The van der Waals surface area contributed by atoms with Crippen LogP contribution in [0.25, 0.3) is 0 Å². The Balaban J connectivity index is 1.99. The van der Waals surface area contributed by atoms with Gasteiger partial charge in [-0.15, -0.1) is 0 Å². The molecule has 1 heterocycles. The molecule has 4 amide bonds.